The van der Waals surface area contributed by atoms with Crippen LogP contribution < -0.4 is 0 Å². The average Bonchev–Trinajstić information content (AvgIpc) is 3.22. The van der Waals surface area contributed by atoms with E-state index in [0.717, 1.165) is 19.5 Å². The summed E-state index contributed by atoms with van der Waals surface area (Å²) < 4.78 is 0. The third-order valence-corrected chi connectivity index (χ3v) is 5.94. The number of amides is 1. The highest BCUT2D eigenvalue weighted by molar-refractivity contribution is 7.09. The van der Waals surface area contributed by atoms with E-state index in [1.165, 1.54) is 37.1 Å². The molecule has 0 aliphatic carbocycles. The van der Waals surface area contributed by atoms with Gasteiger partial charge in [0, 0.05) is 36.5 Å². The number of likely N-dealkylation sites (tertiary alicyclic amines) is 2. The van der Waals surface area contributed by atoms with E-state index in [4.69, 9.17) is 0 Å². The van der Waals surface area contributed by atoms with Crippen LogP contribution in [0.4, 0.5) is 0 Å². The largest absolute Gasteiger partial charge is 0.338 e. The Labute approximate surface area is 131 Å². The molecule has 21 heavy (non-hydrogen) atoms. The van der Waals surface area contributed by atoms with E-state index in [-0.39, 0.29) is 0 Å². The van der Waals surface area contributed by atoms with Gasteiger partial charge in [0.2, 0.25) is 5.91 Å². The van der Waals surface area contributed by atoms with E-state index >= 15 is 0 Å². The van der Waals surface area contributed by atoms with Gasteiger partial charge in [-0.3, -0.25) is 9.69 Å². The molecule has 3 nitrogen and oxygen atoms in total. The fraction of sp³-hybridized carbons (Fsp3) is 0.706. The number of rotatable bonds is 5. The Bertz CT molecular complexity index is 459. The molecule has 4 heteroatoms. The van der Waals surface area contributed by atoms with Crippen molar-refractivity contribution in [3.05, 3.63) is 22.4 Å². The van der Waals surface area contributed by atoms with Gasteiger partial charge < -0.3 is 4.90 Å². The lowest BCUT2D eigenvalue weighted by Gasteiger charge is -2.35. The van der Waals surface area contributed by atoms with Crippen LogP contribution in [-0.4, -0.2) is 47.4 Å². The molecule has 3 heterocycles. The van der Waals surface area contributed by atoms with Crippen LogP contribution >= 0.6 is 11.3 Å². The maximum atomic E-state index is 12.1. The first-order valence-electron chi connectivity index (χ1n) is 8.35. The fourth-order valence-corrected chi connectivity index (χ4v) is 4.68. The van der Waals surface area contributed by atoms with E-state index in [0.29, 0.717) is 24.4 Å². The third-order valence-electron chi connectivity index (χ3n) is 5.01. The van der Waals surface area contributed by atoms with E-state index in [2.05, 4.69) is 27.3 Å². The second-order valence-corrected chi connectivity index (χ2v) is 7.26. The van der Waals surface area contributed by atoms with Crippen molar-refractivity contribution in [1.29, 1.82) is 0 Å². The van der Waals surface area contributed by atoms with E-state index in [1.807, 2.05) is 18.3 Å². The molecule has 0 N–H and O–H groups in total. The van der Waals surface area contributed by atoms with Gasteiger partial charge in [-0.05, 0) is 50.1 Å². The van der Waals surface area contributed by atoms with Gasteiger partial charge in [0.05, 0.1) is 0 Å². The van der Waals surface area contributed by atoms with Crippen LogP contribution in [0.2, 0.25) is 0 Å². The third kappa shape index (κ3) is 3.32. The van der Waals surface area contributed by atoms with E-state index in [1.54, 1.807) is 0 Å². The Morgan fingerprint density at radius 1 is 1.29 bits per heavy atom. The lowest BCUT2D eigenvalue weighted by Crippen LogP contribution is -2.48. The molecular weight excluding hydrogens is 280 g/mol. The predicted octanol–water partition coefficient (Wildman–Crippen LogP) is 3.16. The zero-order chi connectivity index (χ0) is 14.7. The number of carbonyl (C=O) groups excluding carboxylic acids is 1. The molecule has 2 aliphatic rings. The van der Waals surface area contributed by atoms with Gasteiger partial charge in [0.25, 0.3) is 0 Å². The number of hydrogen-bond acceptors (Lipinski definition) is 3. The molecule has 116 valence electrons. The minimum absolute atomic E-state index is 0.350. The van der Waals surface area contributed by atoms with Crippen molar-refractivity contribution in [3.63, 3.8) is 0 Å². The highest BCUT2D eigenvalue weighted by Gasteiger charge is 2.38. The summed E-state index contributed by atoms with van der Waals surface area (Å²) in [4.78, 5) is 18.4. The van der Waals surface area contributed by atoms with E-state index in [9.17, 15) is 4.79 Å². The maximum absolute atomic E-state index is 12.1. The molecule has 1 amide bonds. The first kappa shape index (κ1) is 15.0. The summed E-state index contributed by atoms with van der Waals surface area (Å²) in [6.07, 6.45) is 6.75. The Kier molecular flexibility index (Phi) is 4.96. The van der Waals surface area contributed by atoms with Gasteiger partial charge in [-0.25, -0.2) is 0 Å². The zero-order valence-electron chi connectivity index (χ0n) is 13.0. The zero-order valence-corrected chi connectivity index (χ0v) is 13.8. The quantitative estimate of drug-likeness (QED) is 0.834. The predicted molar refractivity (Wildman–Crippen MR) is 87.6 cm³/mol. The molecule has 0 spiro atoms. The van der Waals surface area contributed by atoms with Gasteiger partial charge in [0.15, 0.2) is 0 Å². The first-order valence-corrected chi connectivity index (χ1v) is 9.23. The van der Waals surface area contributed by atoms with Crippen molar-refractivity contribution in [2.45, 2.75) is 57.5 Å². The molecular formula is C17H26N2OS. The van der Waals surface area contributed by atoms with Gasteiger partial charge in [-0.15, -0.1) is 11.3 Å². The van der Waals surface area contributed by atoms with Crippen molar-refractivity contribution in [3.8, 4) is 0 Å². The van der Waals surface area contributed by atoms with Crippen LogP contribution in [0.1, 0.15) is 43.9 Å². The SMILES string of the molecule is CCC(=O)N1CCC[C@H]1[C@H]1CCCN1CCc1cccs1. The van der Waals surface area contributed by atoms with Gasteiger partial charge in [0.1, 0.15) is 0 Å². The number of nitrogens with zero attached hydrogens (tertiary/aromatic N) is 2. The minimum Gasteiger partial charge on any atom is -0.338 e. The first-order chi connectivity index (χ1) is 10.3. The molecule has 1 aromatic heterocycles. The van der Waals surface area contributed by atoms with Crippen LogP contribution in [0.5, 0.6) is 0 Å². The van der Waals surface area contributed by atoms with Gasteiger partial charge >= 0.3 is 0 Å². The summed E-state index contributed by atoms with van der Waals surface area (Å²) in [5, 5.41) is 2.16. The molecule has 2 aliphatic heterocycles. The van der Waals surface area contributed by atoms with Crippen molar-refractivity contribution in [1.82, 2.24) is 9.80 Å². The molecule has 0 unspecified atom stereocenters. The van der Waals surface area contributed by atoms with Crippen LogP contribution in [0.15, 0.2) is 17.5 Å². The second kappa shape index (κ2) is 6.93. The average molecular weight is 306 g/mol. The van der Waals surface area contributed by atoms with Crippen LogP contribution in [0, 0.1) is 0 Å². The molecule has 2 atom stereocenters. The topological polar surface area (TPSA) is 23.6 Å². The Hall–Kier alpha value is -0.870. The van der Waals surface area contributed by atoms with E-state index < -0.39 is 0 Å². The Morgan fingerprint density at radius 3 is 2.86 bits per heavy atom. The van der Waals surface area contributed by atoms with Gasteiger partial charge in [-0.2, -0.15) is 0 Å². The summed E-state index contributed by atoms with van der Waals surface area (Å²) >= 11 is 1.86. The second-order valence-electron chi connectivity index (χ2n) is 6.23. The smallest absolute Gasteiger partial charge is 0.222 e. The standard InChI is InChI=1S/C17H26N2OS/c1-2-17(20)19-11-4-8-16(19)15-7-3-10-18(15)12-9-14-6-5-13-21-14/h5-6,13,15-16H,2-4,7-12H2,1H3/t15-,16+/m1/s1. The van der Waals surface area contributed by atoms with Crippen molar-refractivity contribution in [2.24, 2.45) is 0 Å². The normalized spacial score (nSPS) is 26.6. The molecule has 0 bridgehead atoms. The molecule has 2 saturated heterocycles. The number of hydrogen-bond donors (Lipinski definition) is 0. The maximum Gasteiger partial charge on any atom is 0.222 e. The Balaban J connectivity index is 1.61. The Morgan fingerprint density at radius 2 is 2.10 bits per heavy atom. The summed E-state index contributed by atoms with van der Waals surface area (Å²) in [6.45, 7) is 5.32. The molecule has 0 saturated carbocycles. The lowest BCUT2D eigenvalue weighted by molar-refractivity contribution is -0.132. The number of thiophene rings is 1. The van der Waals surface area contributed by atoms with Crippen molar-refractivity contribution >= 4 is 17.2 Å². The molecule has 2 fully saturated rings. The molecule has 0 radical (unpaired) electrons. The van der Waals surface area contributed by atoms with Crippen molar-refractivity contribution < 1.29 is 4.79 Å². The van der Waals surface area contributed by atoms with Gasteiger partial charge in [-0.1, -0.05) is 13.0 Å². The van der Waals surface area contributed by atoms with Crippen LogP contribution in [0.25, 0.3) is 0 Å². The molecule has 0 aromatic carbocycles. The highest BCUT2D eigenvalue weighted by Crippen LogP contribution is 2.30. The van der Waals surface area contributed by atoms with Crippen molar-refractivity contribution in [2.75, 3.05) is 19.6 Å². The summed E-state index contributed by atoms with van der Waals surface area (Å²) in [6, 6.07) is 5.45. The number of carbonyl (C=O) groups is 1. The monoisotopic (exact) mass is 306 g/mol. The van der Waals surface area contributed by atoms with Crippen LogP contribution in [0.3, 0.4) is 0 Å². The van der Waals surface area contributed by atoms with Crippen LogP contribution in [-0.2, 0) is 11.2 Å². The summed E-state index contributed by atoms with van der Waals surface area (Å²) in [5.41, 5.74) is 0. The highest BCUT2D eigenvalue weighted by atomic mass is 32.1. The fourth-order valence-electron chi connectivity index (χ4n) is 3.98. The minimum atomic E-state index is 0.350. The summed E-state index contributed by atoms with van der Waals surface area (Å²) in [5.74, 6) is 0.350. The molecule has 3 rings (SSSR count). The molecule has 1 aromatic rings. The summed E-state index contributed by atoms with van der Waals surface area (Å²) in [7, 11) is 0. The lowest BCUT2D eigenvalue weighted by atomic mass is 10.0.